The molecule has 1 aliphatic heterocycles. The number of carbonyl (C=O) groups is 2. The summed E-state index contributed by atoms with van der Waals surface area (Å²) in [4.78, 5) is 23.1. The lowest BCUT2D eigenvalue weighted by molar-refractivity contribution is -0.147. The van der Waals surface area contributed by atoms with Gasteiger partial charge in [-0.2, -0.15) is 0 Å². The minimum atomic E-state index is -1.70. The molecule has 2 aromatic carbocycles. The van der Waals surface area contributed by atoms with Crippen molar-refractivity contribution in [1.29, 1.82) is 0 Å². The Kier molecular flexibility index (Phi) is 8.41. The van der Waals surface area contributed by atoms with Gasteiger partial charge in [0.05, 0.1) is 18.2 Å². The normalized spacial score (nSPS) is 16.9. The Labute approximate surface area is 179 Å². The van der Waals surface area contributed by atoms with E-state index in [-0.39, 0.29) is 30.1 Å². The van der Waals surface area contributed by atoms with Crippen molar-refractivity contribution in [2.45, 2.75) is 34.1 Å². The molecule has 1 heterocycles. The van der Waals surface area contributed by atoms with Crippen molar-refractivity contribution in [3.63, 3.8) is 0 Å². The second-order valence-corrected chi connectivity index (χ2v) is 7.69. The molecule has 1 aliphatic rings. The summed E-state index contributed by atoms with van der Waals surface area (Å²) in [5, 5.41) is 11.9. The molecule has 2 N–H and O–H groups in total. The third-order valence-electron chi connectivity index (χ3n) is 4.40. The number of phenols is 1. The van der Waals surface area contributed by atoms with Crippen LogP contribution in [-0.2, 0) is 25.5 Å². The monoisotopic (exact) mass is 432 g/mol. The number of benzene rings is 2. The van der Waals surface area contributed by atoms with Crippen LogP contribution in [0, 0.1) is 5.92 Å². The molecule has 1 saturated heterocycles. The number of hydrogen-bond acceptors (Lipinski definition) is 5. The van der Waals surface area contributed by atoms with Gasteiger partial charge in [-0.1, -0.05) is 45.1 Å². The van der Waals surface area contributed by atoms with E-state index in [1.54, 1.807) is 19.1 Å². The van der Waals surface area contributed by atoms with Crippen molar-refractivity contribution >= 4 is 45.6 Å². The number of allylic oxidation sites excluding steroid dienone is 1. The van der Waals surface area contributed by atoms with Gasteiger partial charge in [0.15, 0.2) is 0 Å². The summed E-state index contributed by atoms with van der Waals surface area (Å²) >= 11 is -1.70. The SMILES string of the molecule is CC.CCOC(=O)C(C)C/C=C/c1ccc2cc(O)c(N3CC(=O)NS3=O)cc2c1. The number of ether oxygens (including phenoxy) is 1. The Morgan fingerprint density at radius 2 is 2.03 bits per heavy atom. The third kappa shape index (κ3) is 5.60. The summed E-state index contributed by atoms with van der Waals surface area (Å²) in [5.41, 5.74) is 1.26. The van der Waals surface area contributed by atoms with Gasteiger partial charge in [0, 0.05) is 0 Å². The summed E-state index contributed by atoms with van der Waals surface area (Å²) in [5.74, 6) is -0.822. The highest BCUT2D eigenvalue weighted by molar-refractivity contribution is 7.85. The number of nitrogens with zero attached hydrogens (tertiary/aromatic N) is 1. The van der Waals surface area contributed by atoms with Crippen LogP contribution in [0.1, 0.15) is 39.7 Å². The lowest BCUT2D eigenvalue weighted by Crippen LogP contribution is -2.22. The Bertz CT molecular complexity index is 973. The number of fused-ring (bicyclic) bond motifs is 1. The van der Waals surface area contributed by atoms with Crippen molar-refractivity contribution in [1.82, 2.24) is 4.72 Å². The van der Waals surface area contributed by atoms with Gasteiger partial charge in [-0.3, -0.25) is 18.6 Å². The van der Waals surface area contributed by atoms with E-state index < -0.39 is 11.2 Å². The van der Waals surface area contributed by atoms with Crippen molar-refractivity contribution in [2.75, 3.05) is 17.5 Å². The molecule has 0 radical (unpaired) electrons. The molecular formula is C22H28N2O5S. The van der Waals surface area contributed by atoms with Crippen LogP contribution in [0.25, 0.3) is 16.8 Å². The lowest BCUT2D eigenvalue weighted by Gasteiger charge is -2.16. The van der Waals surface area contributed by atoms with E-state index in [0.29, 0.717) is 18.7 Å². The number of amides is 1. The van der Waals surface area contributed by atoms with Crippen LogP contribution < -0.4 is 9.03 Å². The molecule has 0 spiro atoms. The highest BCUT2D eigenvalue weighted by Crippen LogP contribution is 2.34. The van der Waals surface area contributed by atoms with E-state index in [2.05, 4.69) is 4.72 Å². The number of rotatable bonds is 6. The van der Waals surface area contributed by atoms with Crippen molar-refractivity contribution < 1.29 is 23.6 Å². The average Bonchev–Trinajstić information content (AvgIpc) is 3.07. The number of phenolic OH excluding ortho intramolecular Hbond substituents is 1. The van der Waals surface area contributed by atoms with Crippen molar-refractivity contribution in [3.05, 3.63) is 42.0 Å². The van der Waals surface area contributed by atoms with Gasteiger partial charge >= 0.3 is 5.97 Å². The van der Waals surface area contributed by atoms with Crippen LogP contribution in [0.5, 0.6) is 5.75 Å². The van der Waals surface area contributed by atoms with Crippen molar-refractivity contribution in [3.8, 4) is 5.75 Å². The van der Waals surface area contributed by atoms with Gasteiger partial charge in [-0.05, 0) is 47.9 Å². The second kappa shape index (κ2) is 10.8. The molecule has 2 unspecified atom stereocenters. The molecule has 0 aliphatic carbocycles. The van der Waals surface area contributed by atoms with Crippen LogP contribution in [0.2, 0.25) is 0 Å². The summed E-state index contributed by atoms with van der Waals surface area (Å²) in [7, 11) is 0. The quantitative estimate of drug-likeness (QED) is 0.679. The Hall–Kier alpha value is -2.87. The Balaban J connectivity index is 0.00000155. The number of nitrogens with one attached hydrogen (secondary N) is 1. The largest absolute Gasteiger partial charge is 0.506 e. The zero-order valence-electron chi connectivity index (χ0n) is 17.7. The molecule has 0 bridgehead atoms. The highest BCUT2D eigenvalue weighted by Gasteiger charge is 2.29. The van der Waals surface area contributed by atoms with Gasteiger partial charge in [-0.15, -0.1) is 0 Å². The first kappa shape index (κ1) is 23.4. The standard InChI is InChI=1S/C20H22N2O5S.C2H6/c1-3-27-20(25)13(2)5-4-6-14-7-8-15-11-18(23)17(10-16(15)9-14)22-12-19(24)21-28(22)26;1-2/h4,6-11,13,23H,3,5,12H2,1-2H3,(H,21,24);1-2H3/b6-4+;. The van der Waals surface area contributed by atoms with Crippen LogP contribution in [-0.4, -0.2) is 34.3 Å². The minimum Gasteiger partial charge on any atom is -0.506 e. The molecule has 3 rings (SSSR count). The lowest BCUT2D eigenvalue weighted by atomic mass is 10.0. The van der Waals surface area contributed by atoms with Gasteiger partial charge in [-0.25, -0.2) is 4.21 Å². The Morgan fingerprint density at radius 1 is 1.30 bits per heavy atom. The van der Waals surface area contributed by atoms with Gasteiger partial charge in [0.2, 0.25) is 11.2 Å². The van der Waals surface area contributed by atoms with E-state index >= 15 is 0 Å². The van der Waals surface area contributed by atoms with Crippen molar-refractivity contribution in [2.24, 2.45) is 5.92 Å². The van der Waals surface area contributed by atoms with Gasteiger partial charge in [0.1, 0.15) is 12.3 Å². The molecule has 162 valence electrons. The molecule has 1 amide bonds. The number of hydrogen-bond donors (Lipinski definition) is 2. The summed E-state index contributed by atoms with van der Waals surface area (Å²) < 4.78 is 20.6. The fraction of sp³-hybridized carbons (Fsp3) is 0.364. The molecular weight excluding hydrogens is 404 g/mol. The highest BCUT2D eigenvalue weighted by atomic mass is 32.2. The smallest absolute Gasteiger partial charge is 0.308 e. The minimum absolute atomic E-state index is 0.0381. The van der Waals surface area contributed by atoms with E-state index in [9.17, 15) is 18.9 Å². The summed E-state index contributed by atoms with van der Waals surface area (Å²) in [6.45, 7) is 7.90. The molecule has 8 heteroatoms. The number of aromatic hydroxyl groups is 1. The maximum Gasteiger partial charge on any atom is 0.308 e. The van der Waals surface area contributed by atoms with Crippen LogP contribution in [0.3, 0.4) is 0 Å². The fourth-order valence-corrected chi connectivity index (χ4v) is 3.86. The predicted octanol–water partition coefficient (Wildman–Crippen LogP) is 3.69. The molecule has 30 heavy (non-hydrogen) atoms. The van der Waals surface area contributed by atoms with E-state index in [1.165, 1.54) is 4.31 Å². The summed E-state index contributed by atoms with van der Waals surface area (Å²) in [6, 6.07) is 9.00. The molecule has 2 aromatic rings. The maximum atomic E-state index is 12.0. The van der Waals surface area contributed by atoms with E-state index in [0.717, 1.165) is 16.3 Å². The predicted molar refractivity (Wildman–Crippen MR) is 120 cm³/mol. The zero-order valence-corrected chi connectivity index (χ0v) is 18.5. The topological polar surface area (TPSA) is 95.9 Å². The zero-order chi connectivity index (χ0) is 22.3. The van der Waals surface area contributed by atoms with Gasteiger partial charge < -0.3 is 9.84 Å². The van der Waals surface area contributed by atoms with Crippen LogP contribution in [0.4, 0.5) is 5.69 Å². The second-order valence-electron chi connectivity index (χ2n) is 6.55. The number of esters is 1. The first-order valence-electron chi connectivity index (χ1n) is 9.98. The molecule has 2 atom stereocenters. The molecule has 0 aromatic heterocycles. The molecule has 7 nitrogen and oxygen atoms in total. The van der Waals surface area contributed by atoms with E-state index in [4.69, 9.17) is 4.74 Å². The average molecular weight is 433 g/mol. The maximum absolute atomic E-state index is 12.0. The van der Waals surface area contributed by atoms with E-state index in [1.807, 2.05) is 51.1 Å². The number of anilines is 1. The fourth-order valence-electron chi connectivity index (χ4n) is 2.93. The van der Waals surface area contributed by atoms with Crippen LogP contribution in [0.15, 0.2) is 36.4 Å². The van der Waals surface area contributed by atoms with Gasteiger partial charge in [0.25, 0.3) is 5.91 Å². The first-order valence-corrected chi connectivity index (χ1v) is 11.1. The first-order chi connectivity index (χ1) is 14.4. The third-order valence-corrected chi connectivity index (χ3v) is 5.53. The van der Waals surface area contributed by atoms with Crippen LogP contribution >= 0.6 is 0 Å². The molecule has 1 fully saturated rings. The molecule has 0 saturated carbocycles. The summed E-state index contributed by atoms with van der Waals surface area (Å²) in [6.07, 6.45) is 4.40. The number of carbonyl (C=O) groups excluding carboxylic acids is 2. The Morgan fingerprint density at radius 3 is 2.67 bits per heavy atom.